The number of rotatable bonds is 2. The molecule has 0 aliphatic rings. The molecule has 0 heterocycles. The van der Waals surface area contributed by atoms with Crippen molar-refractivity contribution in [1.29, 1.82) is 5.26 Å². The van der Waals surface area contributed by atoms with Crippen molar-refractivity contribution in [2.45, 2.75) is 6.92 Å². The molecule has 17 heavy (non-hydrogen) atoms. The SMILES string of the molecule is Cc1cccc(Oc2ccccc2C#N)c1Cl. The Labute approximate surface area is 105 Å². The van der Waals surface area contributed by atoms with E-state index in [4.69, 9.17) is 21.6 Å². The zero-order chi connectivity index (χ0) is 12.3. The third-order valence-corrected chi connectivity index (χ3v) is 2.87. The molecule has 2 aromatic rings. The number of benzene rings is 2. The van der Waals surface area contributed by atoms with Gasteiger partial charge in [0.15, 0.2) is 0 Å². The summed E-state index contributed by atoms with van der Waals surface area (Å²) in [5.41, 5.74) is 1.43. The number of ether oxygens (including phenoxy) is 1. The molecule has 0 saturated carbocycles. The van der Waals surface area contributed by atoms with Gasteiger partial charge in [-0.2, -0.15) is 5.26 Å². The maximum Gasteiger partial charge on any atom is 0.146 e. The van der Waals surface area contributed by atoms with Crippen LogP contribution in [0.15, 0.2) is 42.5 Å². The van der Waals surface area contributed by atoms with Gasteiger partial charge < -0.3 is 4.74 Å². The van der Waals surface area contributed by atoms with Gasteiger partial charge in [0.05, 0.1) is 10.6 Å². The summed E-state index contributed by atoms with van der Waals surface area (Å²) in [7, 11) is 0. The van der Waals surface area contributed by atoms with Gasteiger partial charge in [-0.1, -0.05) is 35.9 Å². The monoisotopic (exact) mass is 243 g/mol. The van der Waals surface area contributed by atoms with Crippen LogP contribution in [-0.4, -0.2) is 0 Å². The standard InChI is InChI=1S/C14H10ClNO/c1-10-5-4-8-13(14(10)15)17-12-7-3-2-6-11(12)9-16/h2-8H,1H3. The highest BCUT2D eigenvalue weighted by molar-refractivity contribution is 6.32. The van der Waals surface area contributed by atoms with Crippen LogP contribution in [0.1, 0.15) is 11.1 Å². The molecule has 3 heteroatoms. The molecule has 2 aromatic carbocycles. The summed E-state index contributed by atoms with van der Waals surface area (Å²) >= 11 is 6.13. The van der Waals surface area contributed by atoms with Crippen LogP contribution in [-0.2, 0) is 0 Å². The predicted octanol–water partition coefficient (Wildman–Crippen LogP) is 4.31. The zero-order valence-electron chi connectivity index (χ0n) is 9.27. The quantitative estimate of drug-likeness (QED) is 0.787. The van der Waals surface area contributed by atoms with Crippen LogP contribution in [0, 0.1) is 18.3 Å². The van der Waals surface area contributed by atoms with Crippen molar-refractivity contribution in [3.63, 3.8) is 0 Å². The summed E-state index contributed by atoms with van der Waals surface area (Å²) in [6.07, 6.45) is 0. The number of hydrogen-bond acceptors (Lipinski definition) is 2. The van der Waals surface area contributed by atoms with Crippen LogP contribution in [0.4, 0.5) is 0 Å². The predicted molar refractivity (Wildman–Crippen MR) is 67.4 cm³/mol. The summed E-state index contributed by atoms with van der Waals surface area (Å²) in [6, 6.07) is 14.7. The van der Waals surface area contributed by atoms with Gasteiger partial charge in [0.25, 0.3) is 0 Å². The lowest BCUT2D eigenvalue weighted by Crippen LogP contribution is -1.89. The van der Waals surface area contributed by atoms with E-state index in [0.29, 0.717) is 22.1 Å². The molecule has 0 radical (unpaired) electrons. The topological polar surface area (TPSA) is 33.0 Å². The first-order valence-corrected chi connectivity index (χ1v) is 5.52. The number of aryl methyl sites for hydroxylation is 1. The second-order valence-corrected chi connectivity index (χ2v) is 3.98. The molecule has 0 aliphatic heterocycles. The molecule has 0 spiro atoms. The molecule has 0 saturated heterocycles. The van der Waals surface area contributed by atoms with E-state index >= 15 is 0 Å². The van der Waals surface area contributed by atoms with E-state index < -0.39 is 0 Å². The number of nitrogens with zero attached hydrogens (tertiary/aromatic N) is 1. The number of para-hydroxylation sites is 1. The highest BCUT2D eigenvalue weighted by Gasteiger charge is 2.07. The number of hydrogen-bond donors (Lipinski definition) is 0. The third kappa shape index (κ3) is 2.41. The Morgan fingerprint density at radius 3 is 2.53 bits per heavy atom. The molecule has 0 fully saturated rings. The normalized spacial score (nSPS) is 9.71. The van der Waals surface area contributed by atoms with Crippen LogP contribution in [0.5, 0.6) is 11.5 Å². The fraction of sp³-hybridized carbons (Fsp3) is 0.0714. The molecule has 0 N–H and O–H groups in total. The first kappa shape index (κ1) is 11.5. The Morgan fingerprint density at radius 2 is 1.76 bits per heavy atom. The number of halogens is 1. The molecular formula is C14H10ClNO. The number of nitriles is 1. The van der Waals surface area contributed by atoms with Gasteiger partial charge in [0.1, 0.15) is 17.6 Å². The molecule has 84 valence electrons. The van der Waals surface area contributed by atoms with Gasteiger partial charge in [0, 0.05) is 0 Å². The Bertz CT molecular complexity index is 587. The summed E-state index contributed by atoms with van der Waals surface area (Å²) in [5.74, 6) is 1.08. The molecule has 2 nitrogen and oxygen atoms in total. The van der Waals surface area contributed by atoms with Crippen molar-refractivity contribution in [2.24, 2.45) is 0 Å². The molecule has 0 aromatic heterocycles. The average molecular weight is 244 g/mol. The maximum absolute atomic E-state index is 8.96. The van der Waals surface area contributed by atoms with Crippen LogP contribution in [0.25, 0.3) is 0 Å². The fourth-order valence-corrected chi connectivity index (χ4v) is 1.63. The van der Waals surface area contributed by atoms with E-state index in [1.165, 1.54) is 0 Å². The van der Waals surface area contributed by atoms with Crippen molar-refractivity contribution in [2.75, 3.05) is 0 Å². The van der Waals surface area contributed by atoms with Gasteiger partial charge in [-0.25, -0.2) is 0 Å². The van der Waals surface area contributed by atoms with Crippen molar-refractivity contribution < 1.29 is 4.74 Å². The maximum atomic E-state index is 8.96. The first-order valence-electron chi connectivity index (χ1n) is 5.14. The first-order chi connectivity index (χ1) is 8.22. The second kappa shape index (κ2) is 4.90. The fourth-order valence-electron chi connectivity index (χ4n) is 1.47. The average Bonchev–Trinajstić information content (AvgIpc) is 2.35. The Kier molecular flexibility index (Phi) is 3.32. The van der Waals surface area contributed by atoms with Gasteiger partial charge in [-0.05, 0) is 30.7 Å². The molecule has 0 bridgehead atoms. The van der Waals surface area contributed by atoms with Gasteiger partial charge in [-0.3, -0.25) is 0 Å². The summed E-state index contributed by atoms with van der Waals surface area (Å²) in [5, 5.41) is 9.53. The second-order valence-electron chi connectivity index (χ2n) is 3.60. The summed E-state index contributed by atoms with van der Waals surface area (Å²) in [6.45, 7) is 1.91. The van der Waals surface area contributed by atoms with Crippen molar-refractivity contribution in [1.82, 2.24) is 0 Å². The van der Waals surface area contributed by atoms with Crippen molar-refractivity contribution in [3.05, 3.63) is 58.6 Å². The molecule has 2 rings (SSSR count). The third-order valence-electron chi connectivity index (χ3n) is 2.38. The van der Waals surface area contributed by atoms with Crippen LogP contribution in [0.3, 0.4) is 0 Å². The highest BCUT2D eigenvalue weighted by atomic mass is 35.5. The summed E-state index contributed by atoms with van der Waals surface area (Å²) in [4.78, 5) is 0. The Hall–Kier alpha value is -1.98. The Balaban J connectivity index is 2.39. The minimum Gasteiger partial charge on any atom is -0.454 e. The van der Waals surface area contributed by atoms with Gasteiger partial charge >= 0.3 is 0 Å². The Morgan fingerprint density at radius 1 is 1.06 bits per heavy atom. The lowest BCUT2D eigenvalue weighted by Gasteiger charge is -2.09. The van der Waals surface area contributed by atoms with Crippen molar-refractivity contribution >= 4 is 11.6 Å². The van der Waals surface area contributed by atoms with Crippen LogP contribution >= 0.6 is 11.6 Å². The van der Waals surface area contributed by atoms with E-state index in [0.717, 1.165) is 5.56 Å². The molecule has 0 unspecified atom stereocenters. The molecule has 0 aliphatic carbocycles. The molecule has 0 amide bonds. The van der Waals surface area contributed by atoms with Crippen molar-refractivity contribution in [3.8, 4) is 17.6 Å². The van der Waals surface area contributed by atoms with Gasteiger partial charge in [-0.15, -0.1) is 0 Å². The minimum absolute atomic E-state index is 0.491. The van der Waals surface area contributed by atoms with E-state index in [1.807, 2.05) is 25.1 Å². The molecule has 0 atom stereocenters. The highest BCUT2D eigenvalue weighted by Crippen LogP contribution is 2.32. The minimum atomic E-state index is 0.491. The zero-order valence-corrected chi connectivity index (χ0v) is 10.0. The van der Waals surface area contributed by atoms with E-state index in [1.54, 1.807) is 24.3 Å². The van der Waals surface area contributed by atoms with E-state index in [-0.39, 0.29) is 0 Å². The van der Waals surface area contributed by atoms with Gasteiger partial charge in [0.2, 0.25) is 0 Å². The van der Waals surface area contributed by atoms with E-state index in [2.05, 4.69) is 6.07 Å². The van der Waals surface area contributed by atoms with Crippen LogP contribution < -0.4 is 4.74 Å². The van der Waals surface area contributed by atoms with Crippen LogP contribution in [0.2, 0.25) is 5.02 Å². The molecular weight excluding hydrogens is 234 g/mol. The lowest BCUT2D eigenvalue weighted by molar-refractivity contribution is 0.481. The largest absolute Gasteiger partial charge is 0.454 e. The summed E-state index contributed by atoms with van der Waals surface area (Å²) < 4.78 is 5.66. The lowest BCUT2D eigenvalue weighted by atomic mass is 10.2. The smallest absolute Gasteiger partial charge is 0.146 e. The van der Waals surface area contributed by atoms with E-state index in [9.17, 15) is 0 Å².